The maximum absolute atomic E-state index is 5.10. The molecule has 0 unspecified atom stereocenters. The SMILES string of the molecule is c1ccc(-c2ccc(-c3cc(-c4cnc5ccccc5c4)nc(-c4cnc5ccccc5c4)c3)cc2)cc1.c1ccc(-c2ccc(-c3cc(-c4cnc5ccccc5c4)nc(-c4cnc5ccccc5c4)n3)cc2)cc1.c1ccc(-c2ccc(-c3nc(-c4ccc5ncccc5c4)cc(-c4ccc5ncccc5c4)n3)cc2)nc1. The second-order valence-electron chi connectivity index (χ2n) is 27.7. The lowest BCUT2D eigenvalue weighted by atomic mass is 9.97. The molecule has 0 radical (unpaired) electrons. The van der Waals surface area contributed by atoms with Crippen molar-refractivity contribution in [1.82, 2.24) is 59.8 Å². The second kappa shape index (κ2) is 31.1. The molecule has 0 amide bonds. The van der Waals surface area contributed by atoms with Crippen molar-refractivity contribution >= 4 is 65.4 Å². The van der Waals surface area contributed by atoms with Crippen LogP contribution >= 0.6 is 0 Å². The van der Waals surface area contributed by atoms with Crippen molar-refractivity contribution in [3.8, 4) is 135 Å². The van der Waals surface area contributed by atoms with E-state index in [0.717, 1.165) is 166 Å². The summed E-state index contributed by atoms with van der Waals surface area (Å²) in [6.45, 7) is 0. The first-order chi connectivity index (χ1) is 56.4. The maximum atomic E-state index is 5.10. The molecule has 21 aromatic rings. The number of pyridine rings is 8. The van der Waals surface area contributed by atoms with Gasteiger partial charge in [-0.15, -0.1) is 0 Å². The van der Waals surface area contributed by atoms with E-state index in [1.54, 1.807) is 6.20 Å². The highest BCUT2D eigenvalue weighted by molar-refractivity contribution is 5.91. The predicted octanol–water partition coefficient (Wildman–Crippen LogP) is 24.7. The predicted molar refractivity (Wildman–Crippen MR) is 463 cm³/mol. The van der Waals surface area contributed by atoms with Crippen molar-refractivity contribution in [3.05, 3.63) is 401 Å². The summed E-state index contributed by atoms with van der Waals surface area (Å²) in [6.07, 6.45) is 13.0. The average Bonchev–Trinajstić information content (AvgIpc) is 0.791. The molecule has 0 aliphatic rings. The van der Waals surface area contributed by atoms with Crippen molar-refractivity contribution < 1.29 is 0 Å². The third-order valence-electron chi connectivity index (χ3n) is 20.3. The zero-order chi connectivity index (χ0) is 75.9. The molecule has 0 saturated heterocycles. The number of nitrogens with zero attached hydrogens (tertiary/aromatic N) is 12. The molecule has 0 bridgehead atoms. The van der Waals surface area contributed by atoms with Crippen LogP contribution < -0.4 is 0 Å². The van der Waals surface area contributed by atoms with Gasteiger partial charge in [0.1, 0.15) is 0 Å². The van der Waals surface area contributed by atoms with E-state index in [1.807, 2.05) is 171 Å². The molecule has 21 rings (SSSR count). The molecule has 534 valence electrons. The highest BCUT2D eigenvalue weighted by Gasteiger charge is 2.18. The van der Waals surface area contributed by atoms with Gasteiger partial charge >= 0.3 is 0 Å². The quantitative estimate of drug-likeness (QED) is 0.114. The zero-order valence-electron chi connectivity index (χ0n) is 61.5. The Kier molecular flexibility index (Phi) is 18.8. The van der Waals surface area contributed by atoms with Gasteiger partial charge in [0.15, 0.2) is 11.6 Å². The van der Waals surface area contributed by atoms with Gasteiger partial charge in [-0.2, -0.15) is 0 Å². The van der Waals surface area contributed by atoms with Crippen molar-refractivity contribution in [2.45, 2.75) is 0 Å². The Morgan fingerprint density at radius 1 is 0.132 bits per heavy atom. The second-order valence-corrected chi connectivity index (χ2v) is 27.7. The smallest absolute Gasteiger partial charge is 0.161 e. The number of para-hydroxylation sites is 4. The molecule has 10 aromatic heterocycles. The maximum Gasteiger partial charge on any atom is 0.161 e. The lowest BCUT2D eigenvalue weighted by Crippen LogP contribution is -1.97. The first-order valence-electron chi connectivity index (χ1n) is 37.7. The highest BCUT2D eigenvalue weighted by Crippen LogP contribution is 2.37. The average molecular weight is 1460 g/mol. The number of rotatable bonds is 12. The van der Waals surface area contributed by atoms with Gasteiger partial charge in [0.2, 0.25) is 0 Å². The Morgan fingerprint density at radius 3 is 0.842 bits per heavy atom. The summed E-state index contributed by atoms with van der Waals surface area (Å²) in [5.41, 5.74) is 27.7. The van der Waals surface area contributed by atoms with Crippen LogP contribution in [0.2, 0.25) is 0 Å². The highest BCUT2D eigenvalue weighted by atomic mass is 14.9. The van der Waals surface area contributed by atoms with Crippen LogP contribution in [0.4, 0.5) is 0 Å². The van der Waals surface area contributed by atoms with Gasteiger partial charge in [0, 0.05) is 126 Å². The number of hydrogen-bond donors (Lipinski definition) is 0. The summed E-state index contributed by atoms with van der Waals surface area (Å²) in [4.78, 5) is 57.2. The van der Waals surface area contributed by atoms with Gasteiger partial charge in [-0.1, -0.05) is 237 Å². The lowest BCUT2D eigenvalue weighted by molar-refractivity contribution is 1.17. The summed E-state index contributed by atoms with van der Waals surface area (Å²) in [5.74, 6) is 1.30. The number of fused-ring (bicyclic) bond motifs is 6. The molecule has 0 aliphatic carbocycles. The van der Waals surface area contributed by atoms with E-state index in [-0.39, 0.29) is 0 Å². The van der Waals surface area contributed by atoms with Crippen LogP contribution in [0.1, 0.15) is 0 Å². The third-order valence-corrected chi connectivity index (χ3v) is 20.3. The fraction of sp³-hybridized carbons (Fsp3) is 0. The van der Waals surface area contributed by atoms with Crippen LogP contribution in [0.3, 0.4) is 0 Å². The van der Waals surface area contributed by atoms with Gasteiger partial charge in [0.05, 0.1) is 73.0 Å². The summed E-state index contributed by atoms with van der Waals surface area (Å²) >= 11 is 0. The van der Waals surface area contributed by atoms with Gasteiger partial charge in [-0.25, -0.2) is 24.9 Å². The number of benzene rings is 11. The van der Waals surface area contributed by atoms with Crippen LogP contribution in [0.25, 0.3) is 200 Å². The fourth-order valence-electron chi connectivity index (χ4n) is 14.3. The topological polar surface area (TPSA) is 155 Å². The zero-order valence-corrected chi connectivity index (χ0v) is 61.5. The van der Waals surface area contributed by atoms with E-state index in [1.165, 1.54) is 22.3 Å². The molecule has 0 aliphatic heterocycles. The van der Waals surface area contributed by atoms with E-state index < -0.39 is 0 Å². The summed E-state index contributed by atoms with van der Waals surface area (Å²) in [6, 6.07) is 122. The molecule has 0 spiro atoms. The normalized spacial score (nSPS) is 11.2. The van der Waals surface area contributed by atoms with Crippen LogP contribution in [0.15, 0.2) is 401 Å². The molecule has 10 heterocycles. The molecule has 11 aromatic carbocycles. The summed E-state index contributed by atoms with van der Waals surface area (Å²) < 4.78 is 0. The van der Waals surface area contributed by atoms with Crippen molar-refractivity contribution in [2.75, 3.05) is 0 Å². The molecular weight excluding hydrogens is 1390 g/mol. The Hall–Kier alpha value is -15.7. The standard InChI is InChI=1S/C35H23N3.C34H22N4.C33H21N5/c1-2-8-24(9-3-1)25-14-16-26(17-15-25)29-20-34(30-18-27-10-4-6-12-32(27)36-22-30)38-35(21-29)31-19-28-11-5-7-13-33(28)37-23-31;1-2-8-23(9-3-1)24-14-16-25(17-15-24)32-20-33(28-18-26-10-4-6-12-30(26)35-21-28)38-34(37-32)29-19-27-11-5-7-13-31(27)36-22-29;1-2-16-34-28(7-1)22-8-10-23(11-9-22)33-37-31(26-12-14-29-24(19-26)5-3-17-35-29)21-32(38-33)27-13-15-30-25(20-27)6-4-18-36-30/h1-23H;1-22H;1-21H. The minimum Gasteiger partial charge on any atom is -0.256 e. The van der Waals surface area contributed by atoms with Gasteiger partial charge in [-0.05, 0) is 155 Å². The van der Waals surface area contributed by atoms with Gasteiger partial charge in [0.25, 0.3) is 0 Å². The van der Waals surface area contributed by atoms with Crippen LogP contribution in [0.5, 0.6) is 0 Å². The molecular formula is C102H66N12. The van der Waals surface area contributed by atoms with Crippen molar-refractivity contribution in [1.29, 1.82) is 0 Å². The van der Waals surface area contributed by atoms with E-state index in [4.69, 9.17) is 34.9 Å². The molecule has 0 atom stereocenters. The van der Waals surface area contributed by atoms with E-state index in [0.29, 0.717) is 11.6 Å². The third kappa shape index (κ3) is 14.9. The minimum absolute atomic E-state index is 0.635. The minimum atomic E-state index is 0.635. The monoisotopic (exact) mass is 1460 g/mol. The first kappa shape index (κ1) is 68.8. The van der Waals surface area contributed by atoms with Gasteiger partial charge < -0.3 is 0 Å². The van der Waals surface area contributed by atoms with Crippen LogP contribution in [-0.2, 0) is 0 Å². The fourth-order valence-corrected chi connectivity index (χ4v) is 14.3. The van der Waals surface area contributed by atoms with E-state index >= 15 is 0 Å². The molecule has 0 saturated carbocycles. The molecule has 12 heteroatoms. The molecule has 114 heavy (non-hydrogen) atoms. The summed E-state index contributed by atoms with van der Waals surface area (Å²) in [7, 11) is 0. The van der Waals surface area contributed by atoms with E-state index in [9.17, 15) is 0 Å². The van der Waals surface area contributed by atoms with Crippen LogP contribution in [0, 0.1) is 0 Å². The largest absolute Gasteiger partial charge is 0.256 e. The summed E-state index contributed by atoms with van der Waals surface area (Å²) in [5, 5.41) is 6.47. The molecule has 0 fully saturated rings. The molecule has 12 nitrogen and oxygen atoms in total. The van der Waals surface area contributed by atoms with Crippen molar-refractivity contribution in [3.63, 3.8) is 0 Å². The number of hydrogen-bond acceptors (Lipinski definition) is 12. The Balaban J connectivity index is 0.000000115. The van der Waals surface area contributed by atoms with Crippen molar-refractivity contribution in [2.24, 2.45) is 0 Å². The molecule has 0 N–H and O–H groups in total. The van der Waals surface area contributed by atoms with Crippen LogP contribution in [-0.4, -0.2) is 59.8 Å². The Bertz CT molecular complexity index is 6120. The lowest BCUT2D eigenvalue weighted by Gasteiger charge is -2.12. The number of aromatic nitrogens is 12. The van der Waals surface area contributed by atoms with E-state index in [2.05, 4.69) is 249 Å². The Labute approximate surface area is 657 Å². The van der Waals surface area contributed by atoms with Gasteiger partial charge in [-0.3, -0.25) is 34.9 Å². The Morgan fingerprint density at radius 2 is 0.412 bits per heavy atom. The first-order valence-corrected chi connectivity index (χ1v) is 37.7.